The second-order valence-electron chi connectivity index (χ2n) is 7.43. The number of phenols is 1. The largest absolute Gasteiger partial charge is 0.508 e. The van der Waals surface area contributed by atoms with Crippen molar-refractivity contribution in [3.05, 3.63) is 65.5 Å². The van der Waals surface area contributed by atoms with Gasteiger partial charge in [0.25, 0.3) is 0 Å². The first-order valence-corrected chi connectivity index (χ1v) is 9.30. The van der Waals surface area contributed by atoms with Crippen LogP contribution in [0.3, 0.4) is 0 Å². The lowest BCUT2D eigenvalue weighted by Crippen LogP contribution is -2.41. The van der Waals surface area contributed by atoms with E-state index in [0.717, 1.165) is 29.0 Å². The molecule has 4 rings (SSSR count). The van der Waals surface area contributed by atoms with Gasteiger partial charge in [0.05, 0.1) is 19.6 Å². The van der Waals surface area contributed by atoms with Crippen LogP contribution in [0.5, 0.6) is 23.1 Å². The number of rotatable bonds is 4. The summed E-state index contributed by atoms with van der Waals surface area (Å²) in [6.07, 6.45) is 1.72. The number of hydrogen-bond donors (Lipinski definition) is 2. The lowest BCUT2D eigenvalue weighted by atomic mass is 9.83. The maximum atomic E-state index is 9.91. The number of nitrogens with two attached hydrogens (primary N) is 1. The smallest absolute Gasteiger partial charge is 0.306 e. The molecule has 0 aliphatic carbocycles. The zero-order chi connectivity index (χ0) is 19.8. The topological polar surface area (TPSA) is 81.5 Å². The Bertz CT molecular complexity index is 1020. The molecule has 1 atom stereocenters. The molecule has 0 bridgehead atoms. The standard InChI is InChI=1S/C22H23N3O3/c1-13(2)11-25-12-24-22-20(21(25)23)19(14-4-7-16(27-3)8-5-14)17-9-6-15(26)10-18(17)28-22/h4-10,12-13,19,23,26H,11H2,1-3H3/p+1/t19-/m0/s1. The number of fused-ring (bicyclic) bond motifs is 2. The first kappa shape index (κ1) is 18.1. The van der Waals surface area contributed by atoms with Gasteiger partial charge in [0, 0.05) is 11.6 Å². The Morgan fingerprint density at radius 1 is 1.21 bits per heavy atom. The summed E-state index contributed by atoms with van der Waals surface area (Å²) in [6, 6.07) is 13.1. The molecule has 2 heterocycles. The van der Waals surface area contributed by atoms with Crippen molar-refractivity contribution in [1.82, 2.24) is 4.98 Å². The van der Waals surface area contributed by atoms with Crippen molar-refractivity contribution in [1.29, 1.82) is 0 Å². The average Bonchev–Trinajstić information content (AvgIpc) is 2.68. The van der Waals surface area contributed by atoms with Crippen LogP contribution in [0.25, 0.3) is 0 Å². The molecule has 1 aromatic heterocycles. The fourth-order valence-electron chi connectivity index (χ4n) is 3.66. The van der Waals surface area contributed by atoms with E-state index in [-0.39, 0.29) is 11.7 Å². The summed E-state index contributed by atoms with van der Waals surface area (Å²) < 4.78 is 13.3. The van der Waals surface area contributed by atoms with Crippen molar-refractivity contribution in [2.45, 2.75) is 26.3 Å². The summed E-state index contributed by atoms with van der Waals surface area (Å²) in [5.74, 6) is 2.90. The van der Waals surface area contributed by atoms with Crippen LogP contribution in [0.2, 0.25) is 0 Å². The van der Waals surface area contributed by atoms with Gasteiger partial charge in [0.2, 0.25) is 12.1 Å². The molecule has 0 spiro atoms. The highest BCUT2D eigenvalue weighted by molar-refractivity contribution is 5.62. The second kappa shape index (κ2) is 7.03. The van der Waals surface area contributed by atoms with E-state index in [9.17, 15) is 5.11 Å². The predicted molar refractivity (Wildman–Crippen MR) is 106 cm³/mol. The summed E-state index contributed by atoms with van der Waals surface area (Å²) in [6.45, 7) is 5.05. The van der Waals surface area contributed by atoms with Gasteiger partial charge < -0.3 is 20.3 Å². The normalized spacial score (nSPS) is 14.9. The first-order chi connectivity index (χ1) is 13.5. The van der Waals surface area contributed by atoms with Crippen LogP contribution in [-0.4, -0.2) is 17.2 Å². The number of ether oxygens (including phenoxy) is 2. The first-order valence-electron chi connectivity index (χ1n) is 9.30. The molecule has 0 fully saturated rings. The molecule has 6 nitrogen and oxygen atoms in total. The number of nitrogens with zero attached hydrogens (tertiary/aromatic N) is 2. The van der Waals surface area contributed by atoms with E-state index in [1.54, 1.807) is 25.6 Å². The Labute approximate surface area is 164 Å². The molecule has 6 heteroatoms. The van der Waals surface area contributed by atoms with Crippen LogP contribution in [0.1, 0.15) is 36.5 Å². The van der Waals surface area contributed by atoms with Crippen LogP contribution in [0, 0.1) is 5.92 Å². The molecule has 0 radical (unpaired) electrons. The zero-order valence-electron chi connectivity index (χ0n) is 16.2. The van der Waals surface area contributed by atoms with Gasteiger partial charge in [0.1, 0.15) is 22.8 Å². The highest BCUT2D eigenvalue weighted by Crippen LogP contribution is 2.48. The molecule has 0 unspecified atom stereocenters. The van der Waals surface area contributed by atoms with Gasteiger partial charge in [0.15, 0.2) is 0 Å². The van der Waals surface area contributed by atoms with Crippen molar-refractivity contribution in [3.63, 3.8) is 0 Å². The van der Waals surface area contributed by atoms with E-state index in [1.807, 2.05) is 34.9 Å². The Balaban J connectivity index is 1.92. The number of nitrogen functional groups attached to an aromatic ring is 1. The van der Waals surface area contributed by atoms with Crippen molar-refractivity contribution in [3.8, 4) is 23.1 Å². The number of benzene rings is 2. The third kappa shape index (κ3) is 3.11. The summed E-state index contributed by atoms with van der Waals surface area (Å²) in [7, 11) is 1.65. The van der Waals surface area contributed by atoms with Gasteiger partial charge in [-0.15, -0.1) is 0 Å². The molecular weight excluding hydrogens is 354 g/mol. The maximum absolute atomic E-state index is 9.91. The van der Waals surface area contributed by atoms with E-state index < -0.39 is 0 Å². The van der Waals surface area contributed by atoms with Gasteiger partial charge in [-0.3, -0.25) is 0 Å². The molecule has 1 aliphatic heterocycles. The molecular formula is C22H24N3O3+. The number of anilines is 1. The number of phenolic OH excluding ortho intramolecular Hbond substituents is 1. The summed E-state index contributed by atoms with van der Waals surface area (Å²) in [5.41, 5.74) is 9.42. The van der Waals surface area contributed by atoms with Crippen molar-refractivity contribution in [2.24, 2.45) is 5.92 Å². The monoisotopic (exact) mass is 378 g/mol. The van der Waals surface area contributed by atoms with Crippen molar-refractivity contribution in [2.75, 3.05) is 12.8 Å². The van der Waals surface area contributed by atoms with E-state index in [0.29, 0.717) is 23.4 Å². The third-order valence-electron chi connectivity index (χ3n) is 4.94. The minimum absolute atomic E-state index is 0.148. The Morgan fingerprint density at radius 3 is 2.64 bits per heavy atom. The van der Waals surface area contributed by atoms with Gasteiger partial charge in [-0.1, -0.05) is 37.0 Å². The van der Waals surface area contributed by atoms with E-state index >= 15 is 0 Å². The number of aromatic nitrogens is 2. The van der Waals surface area contributed by atoms with E-state index in [1.165, 1.54) is 0 Å². The Hall–Kier alpha value is -3.28. The average molecular weight is 378 g/mol. The Kier molecular flexibility index (Phi) is 4.55. The number of hydrogen-bond acceptors (Lipinski definition) is 5. The highest BCUT2D eigenvalue weighted by Gasteiger charge is 2.36. The van der Waals surface area contributed by atoms with Gasteiger partial charge in [-0.2, -0.15) is 0 Å². The molecule has 0 saturated heterocycles. The number of methoxy groups -OCH3 is 1. The molecule has 0 saturated carbocycles. The molecule has 0 amide bonds. The lowest BCUT2D eigenvalue weighted by molar-refractivity contribution is -0.691. The molecule has 2 aromatic carbocycles. The van der Waals surface area contributed by atoms with Gasteiger partial charge in [-0.05, 0) is 29.7 Å². The quantitative estimate of drug-likeness (QED) is 0.530. The van der Waals surface area contributed by atoms with Crippen LogP contribution in [-0.2, 0) is 6.54 Å². The minimum Gasteiger partial charge on any atom is -0.508 e. The third-order valence-corrected chi connectivity index (χ3v) is 4.94. The fraction of sp³-hybridized carbons (Fsp3) is 0.273. The summed E-state index contributed by atoms with van der Waals surface area (Å²) in [4.78, 5) is 4.53. The van der Waals surface area contributed by atoms with Gasteiger partial charge >= 0.3 is 5.88 Å². The molecule has 3 aromatic rings. The van der Waals surface area contributed by atoms with Gasteiger partial charge in [-0.25, -0.2) is 4.57 Å². The van der Waals surface area contributed by atoms with Crippen molar-refractivity contribution >= 4 is 5.82 Å². The van der Waals surface area contributed by atoms with E-state index in [4.69, 9.17) is 15.2 Å². The predicted octanol–water partition coefficient (Wildman–Crippen LogP) is 3.61. The lowest BCUT2D eigenvalue weighted by Gasteiger charge is -2.27. The number of aromatic hydroxyl groups is 1. The zero-order valence-corrected chi connectivity index (χ0v) is 16.2. The van der Waals surface area contributed by atoms with E-state index in [2.05, 4.69) is 18.8 Å². The molecule has 28 heavy (non-hydrogen) atoms. The summed E-state index contributed by atoms with van der Waals surface area (Å²) >= 11 is 0. The molecule has 1 aliphatic rings. The Morgan fingerprint density at radius 2 is 1.96 bits per heavy atom. The molecule has 3 N–H and O–H groups in total. The second-order valence-corrected chi connectivity index (χ2v) is 7.43. The maximum Gasteiger partial charge on any atom is 0.306 e. The van der Waals surface area contributed by atoms with Crippen LogP contribution >= 0.6 is 0 Å². The van der Waals surface area contributed by atoms with Crippen LogP contribution < -0.4 is 19.8 Å². The SMILES string of the molecule is COc1ccc([C@H]2c3ccc(O)cc3Oc3nc[n+](CC(C)C)c(N)c32)cc1. The fourth-order valence-corrected chi connectivity index (χ4v) is 3.66. The summed E-state index contributed by atoms with van der Waals surface area (Å²) in [5, 5.41) is 9.91. The van der Waals surface area contributed by atoms with Crippen LogP contribution in [0.15, 0.2) is 48.8 Å². The highest BCUT2D eigenvalue weighted by atomic mass is 16.5. The minimum atomic E-state index is -0.155. The van der Waals surface area contributed by atoms with Crippen LogP contribution in [0.4, 0.5) is 5.82 Å². The van der Waals surface area contributed by atoms with Crippen molar-refractivity contribution < 1.29 is 19.1 Å². The molecule has 144 valence electrons.